The number of carbonyl (C=O) groups excluding carboxylic acids is 1. The zero-order valence-electron chi connectivity index (χ0n) is 19.8. The molecule has 4 heterocycles. The summed E-state index contributed by atoms with van der Waals surface area (Å²) in [7, 11) is 0. The summed E-state index contributed by atoms with van der Waals surface area (Å²) in [6, 6.07) is 6.32. The van der Waals surface area contributed by atoms with Crippen LogP contribution in [-0.4, -0.2) is 59.9 Å². The molecule has 8 nitrogen and oxygen atoms in total. The summed E-state index contributed by atoms with van der Waals surface area (Å²) in [5, 5.41) is 4.89. The number of aromatic amines is 1. The molecule has 2 fully saturated rings. The molecule has 9 heteroatoms. The van der Waals surface area contributed by atoms with Crippen LogP contribution in [0.4, 0.5) is 5.95 Å². The highest BCUT2D eigenvalue weighted by Gasteiger charge is 2.22. The molecule has 2 aliphatic rings. The van der Waals surface area contributed by atoms with Crippen molar-refractivity contribution in [3.8, 4) is 0 Å². The van der Waals surface area contributed by atoms with E-state index in [0.29, 0.717) is 24.0 Å². The number of aromatic nitrogens is 3. The van der Waals surface area contributed by atoms with Gasteiger partial charge in [0.15, 0.2) is 12.1 Å². The second-order valence-electron chi connectivity index (χ2n) is 9.37. The van der Waals surface area contributed by atoms with Crippen LogP contribution in [0.25, 0.3) is 10.9 Å². The van der Waals surface area contributed by atoms with Gasteiger partial charge < -0.3 is 24.7 Å². The lowest BCUT2D eigenvalue weighted by Gasteiger charge is -2.32. The topological polar surface area (TPSA) is 92.4 Å². The maximum Gasteiger partial charge on any atom is 0.225 e. The fourth-order valence-electron chi connectivity index (χ4n) is 4.77. The Morgan fingerprint density at radius 2 is 2.03 bits per heavy atom. The molecule has 35 heavy (non-hydrogen) atoms. The zero-order chi connectivity index (χ0) is 24.0. The second kappa shape index (κ2) is 11.6. The summed E-state index contributed by atoms with van der Waals surface area (Å²) in [5.41, 5.74) is 2.93. The minimum Gasteiger partial charge on any atom is -0.361 e. The van der Waals surface area contributed by atoms with E-state index in [-0.39, 0.29) is 18.7 Å². The number of halogens is 1. The van der Waals surface area contributed by atoms with Crippen molar-refractivity contribution in [2.24, 2.45) is 5.92 Å². The Kier molecular flexibility index (Phi) is 8.08. The van der Waals surface area contributed by atoms with Gasteiger partial charge in [-0.05, 0) is 68.3 Å². The van der Waals surface area contributed by atoms with Gasteiger partial charge in [-0.25, -0.2) is 9.97 Å². The van der Waals surface area contributed by atoms with E-state index >= 15 is 0 Å². The lowest BCUT2D eigenvalue weighted by Crippen LogP contribution is -2.38. The van der Waals surface area contributed by atoms with Crippen LogP contribution < -0.4 is 10.2 Å². The summed E-state index contributed by atoms with van der Waals surface area (Å²) >= 11 is 3.56. The molecule has 0 amide bonds. The van der Waals surface area contributed by atoms with E-state index in [2.05, 4.69) is 65.5 Å². The predicted molar refractivity (Wildman–Crippen MR) is 139 cm³/mol. The highest BCUT2D eigenvalue weighted by Crippen LogP contribution is 2.24. The standard InChI is InChI=1S/C26H32BrN5O3/c27-21-4-5-23-22(11-21)19(14-29-23)13-28-12-18-6-8-32(9-7-18)26-30-15-20(16-31-26)24(33)17-35-25-3-1-2-10-34-25/h4-5,11,14-16,18,25,28-29H,1-3,6-10,12-13,17H2. The molecule has 1 unspecified atom stereocenters. The largest absolute Gasteiger partial charge is 0.361 e. The molecule has 0 radical (unpaired) electrons. The van der Waals surface area contributed by atoms with Crippen molar-refractivity contribution in [2.75, 3.05) is 37.7 Å². The van der Waals surface area contributed by atoms with Crippen molar-refractivity contribution in [3.63, 3.8) is 0 Å². The molecular weight excluding hydrogens is 510 g/mol. The number of anilines is 1. The molecule has 2 saturated heterocycles. The minimum atomic E-state index is -0.270. The first kappa shape index (κ1) is 24.4. The molecule has 1 aromatic carbocycles. The Labute approximate surface area is 213 Å². The molecule has 2 N–H and O–H groups in total. The first-order valence-electron chi connectivity index (χ1n) is 12.5. The number of benzene rings is 1. The molecule has 3 aromatic rings. The van der Waals surface area contributed by atoms with Crippen LogP contribution in [0.1, 0.15) is 48.0 Å². The SMILES string of the molecule is O=C(COC1CCCCO1)c1cnc(N2CCC(CNCc3c[nH]c4ccc(Br)cc34)CC2)nc1. The highest BCUT2D eigenvalue weighted by atomic mass is 79.9. The first-order chi connectivity index (χ1) is 17.2. The van der Waals surface area contributed by atoms with Crippen molar-refractivity contribution in [1.82, 2.24) is 20.3 Å². The molecule has 2 aromatic heterocycles. The number of rotatable bonds is 9. The van der Waals surface area contributed by atoms with E-state index in [0.717, 1.165) is 68.3 Å². The predicted octanol–water partition coefficient (Wildman–Crippen LogP) is 4.45. The van der Waals surface area contributed by atoms with Gasteiger partial charge in [-0.3, -0.25) is 4.79 Å². The third-order valence-corrected chi connectivity index (χ3v) is 7.37. The third-order valence-electron chi connectivity index (χ3n) is 6.87. The molecule has 0 aliphatic carbocycles. The maximum atomic E-state index is 12.4. The van der Waals surface area contributed by atoms with Crippen LogP contribution >= 0.6 is 15.9 Å². The normalized spacial score (nSPS) is 19.3. The van der Waals surface area contributed by atoms with Crippen LogP contribution in [0.15, 0.2) is 41.3 Å². The van der Waals surface area contributed by atoms with Crippen LogP contribution in [0.2, 0.25) is 0 Å². The van der Waals surface area contributed by atoms with Crippen molar-refractivity contribution < 1.29 is 14.3 Å². The van der Waals surface area contributed by atoms with Gasteiger partial charge in [0, 0.05) is 60.2 Å². The van der Waals surface area contributed by atoms with E-state index in [4.69, 9.17) is 9.47 Å². The number of ketones is 1. The van der Waals surface area contributed by atoms with Gasteiger partial charge in [0.1, 0.15) is 6.61 Å². The van der Waals surface area contributed by atoms with Gasteiger partial charge in [-0.1, -0.05) is 15.9 Å². The van der Waals surface area contributed by atoms with E-state index < -0.39 is 0 Å². The Morgan fingerprint density at radius 1 is 1.20 bits per heavy atom. The summed E-state index contributed by atoms with van der Waals surface area (Å²) in [5.74, 6) is 1.20. The van der Waals surface area contributed by atoms with Gasteiger partial charge >= 0.3 is 0 Å². The van der Waals surface area contributed by atoms with Crippen LogP contribution in [0, 0.1) is 5.92 Å². The molecule has 186 valence electrons. The van der Waals surface area contributed by atoms with Gasteiger partial charge in [-0.2, -0.15) is 0 Å². The average Bonchev–Trinajstić information content (AvgIpc) is 3.30. The monoisotopic (exact) mass is 541 g/mol. The Balaban J connectivity index is 1.05. The van der Waals surface area contributed by atoms with Crippen molar-refractivity contribution in [2.45, 2.75) is 44.9 Å². The minimum absolute atomic E-state index is 0.00158. The number of ether oxygens (including phenoxy) is 2. The van der Waals surface area contributed by atoms with Gasteiger partial charge in [0.05, 0.1) is 5.56 Å². The average molecular weight is 542 g/mol. The molecule has 0 bridgehead atoms. The van der Waals surface area contributed by atoms with Gasteiger partial charge in [0.25, 0.3) is 0 Å². The fraction of sp³-hybridized carbons (Fsp3) is 0.500. The molecule has 0 saturated carbocycles. The zero-order valence-corrected chi connectivity index (χ0v) is 21.4. The molecule has 0 spiro atoms. The van der Waals surface area contributed by atoms with Crippen molar-refractivity contribution in [1.29, 1.82) is 0 Å². The molecule has 2 aliphatic heterocycles. The number of hydrogen-bond acceptors (Lipinski definition) is 7. The second-order valence-corrected chi connectivity index (χ2v) is 10.3. The number of nitrogens with one attached hydrogen (secondary N) is 2. The number of hydrogen-bond donors (Lipinski definition) is 2. The number of piperidine rings is 1. The van der Waals surface area contributed by atoms with E-state index in [9.17, 15) is 4.79 Å². The number of Topliss-reactive ketones (excluding diaryl/α,β-unsaturated/α-hetero) is 1. The van der Waals surface area contributed by atoms with Gasteiger partial charge in [0.2, 0.25) is 5.95 Å². The van der Waals surface area contributed by atoms with Crippen LogP contribution in [-0.2, 0) is 16.0 Å². The lowest BCUT2D eigenvalue weighted by atomic mass is 9.97. The maximum absolute atomic E-state index is 12.4. The lowest BCUT2D eigenvalue weighted by molar-refractivity contribution is -0.155. The summed E-state index contributed by atoms with van der Waals surface area (Å²) in [4.78, 5) is 26.9. The van der Waals surface area contributed by atoms with Crippen molar-refractivity contribution >= 4 is 38.6 Å². The smallest absolute Gasteiger partial charge is 0.225 e. The first-order valence-corrected chi connectivity index (χ1v) is 13.2. The number of fused-ring (bicyclic) bond motifs is 1. The summed E-state index contributed by atoms with van der Waals surface area (Å²) in [6.45, 7) is 4.39. The molecular formula is C26H32BrN5O3. The third kappa shape index (κ3) is 6.27. The van der Waals surface area contributed by atoms with Crippen LogP contribution in [0.5, 0.6) is 0 Å². The van der Waals surface area contributed by atoms with E-state index in [1.54, 1.807) is 12.4 Å². The number of carbonyl (C=O) groups is 1. The number of H-pyrrole nitrogens is 1. The quantitative estimate of drug-likeness (QED) is 0.386. The van der Waals surface area contributed by atoms with Crippen molar-refractivity contribution in [3.05, 3.63) is 52.4 Å². The van der Waals surface area contributed by atoms with Gasteiger partial charge in [-0.15, -0.1) is 0 Å². The Morgan fingerprint density at radius 3 is 2.80 bits per heavy atom. The fourth-order valence-corrected chi connectivity index (χ4v) is 5.13. The number of nitrogens with zero attached hydrogens (tertiary/aromatic N) is 3. The van der Waals surface area contributed by atoms with Crippen LogP contribution in [0.3, 0.4) is 0 Å². The Bertz CT molecular complexity index is 1120. The summed E-state index contributed by atoms with van der Waals surface area (Å²) in [6.07, 6.45) is 10.2. The Hall–Kier alpha value is -2.33. The highest BCUT2D eigenvalue weighted by molar-refractivity contribution is 9.10. The van der Waals surface area contributed by atoms with E-state index in [1.165, 1.54) is 10.9 Å². The molecule has 5 rings (SSSR count). The molecule has 1 atom stereocenters. The van der Waals surface area contributed by atoms with E-state index in [1.807, 2.05) is 0 Å². The summed E-state index contributed by atoms with van der Waals surface area (Å²) < 4.78 is 12.2.